The second kappa shape index (κ2) is 2.27. The summed E-state index contributed by atoms with van der Waals surface area (Å²) < 4.78 is -0.517. The van der Waals surface area contributed by atoms with Crippen molar-refractivity contribution in [3.63, 3.8) is 0 Å². The molecule has 56 valence electrons. The molecule has 1 fully saturated rings. The summed E-state index contributed by atoms with van der Waals surface area (Å²) in [5.41, 5.74) is 0. The number of amides is 2. The number of hydrogen-bond donors (Lipinski definition) is 1. The molecule has 0 aromatic heterocycles. The second-order valence-corrected chi connectivity index (χ2v) is 3.90. The number of carbonyl (C=O) groups excluding carboxylic acids is 2. The molecular formula is C6H9NO2S. The van der Waals surface area contributed by atoms with Crippen molar-refractivity contribution in [2.24, 2.45) is 0 Å². The Morgan fingerprint density at radius 1 is 1.60 bits per heavy atom. The third kappa shape index (κ3) is 1.03. The van der Waals surface area contributed by atoms with Crippen LogP contribution in [0.25, 0.3) is 0 Å². The summed E-state index contributed by atoms with van der Waals surface area (Å²) in [6.07, 6.45) is 0.690. The molecule has 0 unspecified atom stereocenters. The average Bonchev–Trinajstić information content (AvgIpc) is 2.09. The van der Waals surface area contributed by atoms with Crippen molar-refractivity contribution < 1.29 is 9.59 Å². The number of hydrogen-bond acceptors (Lipinski definition) is 3. The molecule has 3 nitrogen and oxygen atoms in total. The maximum atomic E-state index is 11.0. The quantitative estimate of drug-likeness (QED) is 0.624. The van der Waals surface area contributed by atoms with Crippen LogP contribution in [0.1, 0.15) is 20.3 Å². The Hall–Kier alpha value is -0.510. The molecule has 0 saturated carbocycles. The van der Waals surface area contributed by atoms with Gasteiger partial charge < -0.3 is 0 Å². The van der Waals surface area contributed by atoms with Crippen LogP contribution in [0, 0.1) is 0 Å². The summed E-state index contributed by atoms with van der Waals surface area (Å²) >= 11 is 1.08. The van der Waals surface area contributed by atoms with Gasteiger partial charge in [-0.2, -0.15) is 0 Å². The highest BCUT2D eigenvalue weighted by Crippen LogP contribution is 2.33. The number of thioether (sulfide) groups is 1. The van der Waals surface area contributed by atoms with Crippen molar-refractivity contribution in [2.75, 3.05) is 0 Å². The number of nitrogens with one attached hydrogen (secondary N) is 1. The smallest absolute Gasteiger partial charge is 0.286 e. The van der Waals surface area contributed by atoms with Gasteiger partial charge in [0.15, 0.2) is 0 Å². The standard InChI is InChI=1S/C6H9NO2S/c1-3-6(2)4(8)7-5(9)10-6/h3H2,1-2H3,(H,7,8,9)/t6-/m0/s1. The zero-order valence-corrected chi connectivity index (χ0v) is 6.75. The van der Waals surface area contributed by atoms with Crippen molar-refractivity contribution >= 4 is 22.9 Å². The normalized spacial score (nSPS) is 32.6. The Kier molecular flexibility index (Phi) is 1.72. The van der Waals surface area contributed by atoms with Crippen LogP contribution < -0.4 is 5.32 Å². The maximum Gasteiger partial charge on any atom is 0.286 e. The van der Waals surface area contributed by atoms with E-state index >= 15 is 0 Å². The van der Waals surface area contributed by atoms with Crippen LogP contribution in [-0.2, 0) is 4.79 Å². The van der Waals surface area contributed by atoms with Crippen LogP contribution >= 0.6 is 11.8 Å². The molecule has 2 amide bonds. The SMILES string of the molecule is CC[C@]1(C)SC(=O)NC1=O. The van der Waals surface area contributed by atoms with E-state index in [9.17, 15) is 9.59 Å². The monoisotopic (exact) mass is 159 g/mol. The van der Waals surface area contributed by atoms with Gasteiger partial charge in [0.2, 0.25) is 5.91 Å². The molecule has 0 bridgehead atoms. The minimum atomic E-state index is -0.517. The maximum absolute atomic E-state index is 11.0. The molecule has 0 aromatic rings. The van der Waals surface area contributed by atoms with Gasteiger partial charge in [-0.3, -0.25) is 14.9 Å². The van der Waals surface area contributed by atoms with Gasteiger partial charge in [-0.1, -0.05) is 6.92 Å². The molecule has 1 atom stereocenters. The van der Waals surface area contributed by atoms with Crippen molar-refractivity contribution in [3.8, 4) is 0 Å². The highest BCUT2D eigenvalue weighted by Gasteiger charge is 2.41. The molecule has 1 N–H and O–H groups in total. The van der Waals surface area contributed by atoms with E-state index in [4.69, 9.17) is 0 Å². The Bertz CT molecular complexity index is 192. The first-order valence-corrected chi connectivity index (χ1v) is 3.94. The summed E-state index contributed by atoms with van der Waals surface area (Å²) in [5, 5.41) is 2.02. The summed E-state index contributed by atoms with van der Waals surface area (Å²) in [6.45, 7) is 3.67. The van der Waals surface area contributed by atoms with Gasteiger partial charge in [-0.05, 0) is 25.1 Å². The predicted octanol–water partition coefficient (Wildman–Crippen LogP) is 1.14. The van der Waals surface area contributed by atoms with E-state index < -0.39 is 4.75 Å². The second-order valence-electron chi connectivity index (χ2n) is 2.43. The van der Waals surface area contributed by atoms with E-state index in [0.29, 0.717) is 6.42 Å². The van der Waals surface area contributed by atoms with Crippen LogP contribution in [0.15, 0.2) is 0 Å². The van der Waals surface area contributed by atoms with Gasteiger partial charge >= 0.3 is 0 Å². The lowest BCUT2D eigenvalue weighted by Crippen LogP contribution is -2.32. The summed E-state index contributed by atoms with van der Waals surface area (Å²) in [5.74, 6) is -0.162. The van der Waals surface area contributed by atoms with Crippen molar-refractivity contribution in [2.45, 2.75) is 25.0 Å². The minimum absolute atomic E-state index is 0.162. The minimum Gasteiger partial charge on any atom is -0.286 e. The molecule has 1 heterocycles. The van der Waals surface area contributed by atoms with Crippen LogP contribution in [0.2, 0.25) is 0 Å². The van der Waals surface area contributed by atoms with E-state index in [1.807, 2.05) is 6.92 Å². The Morgan fingerprint density at radius 3 is 2.40 bits per heavy atom. The average molecular weight is 159 g/mol. The molecule has 0 aromatic carbocycles. The Morgan fingerprint density at radius 2 is 2.20 bits per heavy atom. The molecule has 1 aliphatic rings. The number of imide groups is 1. The first-order chi connectivity index (χ1) is 4.58. The molecule has 4 heteroatoms. The van der Waals surface area contributed by atoms with Crippen molar-refractivity contribution in [1.82, 2.24) is 5.32 Å². The summed E-state index contributed by atoms with van der Waals surface area (Å²) in [7, 11) is 0. The van der Waals surface area contributed by atoms with E-state index in [1.165, 1.54) is 0 Å². The van der Waals surface area contributed by atoms with Gasteiger partial charge in [0, 0.05) is 0 Å². The Balaban J connectivity index is 2.80. The van der Waals surface area contributed by atoms with E-state index in [1.54, 1.807) is 6.92 Å². The first kappa shape index (κ1) is 7.60. The molecule has 10 heavy (non-hydrogen) atoms. The molecule has 0 radical (unpaired) electrons. The van der Waals surface area contributed by atoms with Gasteiger partial charge in [0.05, 0.1) is 0 Å². The van der Waals surface area contributed by atoms with Crippen LogP contribution in [0.5, 0.6) is 0 Å². The van der Waals surface area contributed by atoms with Gasteiger partial charge in [-0.15, -0.1) is 0 Å². The molecule has 1 saturated heterocycles. The fourth-order valence-electron chi connectivity index (χ4n) is 0.734. The van der Waals surface area contributed by atoms with Crippen LogP contribution in [-0.4, -0.2) is 15.9 Å². The zero-order valence-electron chi connectivity index (χ0n) is 5.93. The van der Waals surface area contributed by atoms with Crippen LogP contribution in [0.3, 0.4) is 0 Å². The lowest BCUT2D eigenvalue weighted by atomic mass is 10.1. The third-order valence-corrected chi connectivity index (χ3v) is 2.90. The van der Waals surface area contributed by atoms with Crippen molar-refractivity contribution in [1.29, 1.82) is 0 Å². The molecule has 0 spiro atoms. The fraction of sp³-hybridized carbons (Fsp3) is 0.667. The van der Waals surface area contributed by atoms with E-state index in [-0.39, 0.29) is 11.1 Å². The molecule has 1 aliphatic heterocycles. The number of carbonyl (C=O) groups is 2. The summed E-state index contributed by atoms with van der Waals surface area (Å²) in [4.78, 5) is 21.6. The third-order valence-electron chi connectivity index (χ3n) is 1.69. The summed E-state index contributed by atoms with van der Waals surface area (Å²) in [6, 6.07) is 0. The largest absolute Gasteiger partial charge is 0.286 e. The topological polar surface area (TPSA) is 46.2 Å². The predicted molar refractivity (Wildman–Crippen MR) is 39.8 cm³/mol. The first-order valence-electron chi connectivity index (χ1n) is 3.13. The highest BCUT2D eigenvalue weighted by molar-refractivity contribution is 8.16. The van der Waals surface area contributed by atoms with Gasteiger partial charge in [-0.25, -0.2) is 0 Å². The lowest BCUT2D eigenvalue weighted by Gasteiger charge is -2.13. The zero-order chi connectivity index (χ0) is 7.78. The van der Waals surface area contributed by atoms with E-state index in [0.717, 1.165) is 11.8 Å². The lowest BCUT2D eigenvalue weighted by molar-refractivity contribution is -0.121. The van der Waals surface area contributed by atoms with Crippen LogP contribution in [0.4, 0.5) is 4.79 Å². The van der Waals surface area contributed by atoms with Gasteiger partial charge in [0.1, 0.15) is 4.75 Å². The molecule has 1 rings (SSSR count). The van der Waals surface area contributed by atoms with Crippen molar-refractivity contribution in [3.05, 3.63) is 0 Å². The fourth-order valence-corrected chi connectivity index (χ4v) is 1.58. The molecule has 0 aliphatic carbocycles. The Labute approximate surface area is 63.6 Å². The number of rotatable bonds is 1. The van der Waals surface area contributed by atoms with E-state index in [2.05, 4.69) is 5.32 Å². The molecular weight excluding hydrogens is 150 g/mol. The highest BCUT2D eigenvalue weighted by atomic mass is 32.2. The van der Waals surface area contributed by atoms with Gasteiger partial charge in [0.25, 0.3) is 5.24 Å².